The highest BCUT2D eigenvalue weighted by molar-refractivity contribution is 5.93. The van der Waals surface area contributed by atoms with E-state index in [0.29, 0.717) is 16.7 Å². The lowest BCUT2D eigenvalue weighted by Gasteiger charge is -2.20. The van der Waals surface area contributed by atoms with Crippen molar-refractivity contribution < 1.29 is 13.9 Å². The van der Waals surface area contributed by atoms with Crippen molar-refractivity contribution in [3.63, 3.8) is 0 Å². The normalized spacial score (nSPS) is 11.6. The van der Waals surface area contributed by atoms with Crippen molar-refractivity contribution in [2.24, 2.45) is 0 Å². The van der Waals surface area contributed by atoms with Crippen LogP contribution in [0.2, 0.25) is 0 Å². The van der Waals surface area contributed by atoms with Crippen molar-refractivity contribution >= 4 is 28.7 Å². The average Bonchev–Trinajstić information content (AvgIpc) is 2.55. The molecule has 0 bridgehead atoms. The molecule has 122 valence electrons. The third-order valence-electron chi connectivity index (χ3n) is 3.75. The molecule has 0 saturated carbocycles. The number of benzene rings is 1. The summed E-state index contributed by atoms with van der Waals surface area (Å²) in [6, 6.07) is 7.50. The molecule has 0 spiro atoms. The van der Waals surface area contributed by atoms with E-state index in [0.717, 1.165) is 24.2 Å². The number of carbonyl (C=O) groups excluding carboxylic acids is 1. The van der Waals surface area contributed by atoms with E-state index in [-0.39, 0.29) is 0 Å². The summed E-state index contributed by atoms with van der Waals surface area (Å²) < 4.78 is 10.0. The summed E-state index contributed by atoms with van der Waals surface area (Å²) in [6.07, 6.45) is 1.48. The standard InChI is InChI=1S/C18H21NO4/c1-5-19(6-2)15-8-7-13-10-14(9-12(3)17(20)22-4)18(21)23-16(13)11-15/h7-11H,5-6H2,1-4H3. The Labute approximate surface area is 135 Å². The van der Waals surface area contributed by atoms with Gasteiger partial charge in [0.05, 0.1) is 12.7 Å². The molecule has 1 aromatic carbocycles. The van der Waals surface area contributed by atoms with E-state index >= 15 is 0 Å². The maximum absolute atomic E-state index is 12.1. The summed E-state index contributed by atoms with van der Waals surface area (Å²) in [7, 11) is 1.30. The van der Waals surface area contributed by atoms with Crippen molar-refractivity contribution in [3.8, 4) is 0 Å². The number of anilines is 1. The number of hydrogen-bond acceptors (Lipinski definition) is 5. The number of rotatable bonds is 5. The molecule has 0 radical (unpaired) electrons. The summed E-state index contributed by atoms with van der Waals surface area (Å²) in [5.74, 6) is -0.471. The zero-order valence-corrected chi connectivity index (χ0v) is 13.9. The summed E-state index contributed by atoms with van der Waals surface area (Å²) in [5.41, 5.74) is 1.75. The van der Waals surface area contributed by atoms with E-state index in [1.54, 1.807) is 13.0 Å². The van der Waals surface area contributed by atoms with Gasteiger partial charge in [0.25, 0.3) is 0 Å². The summed E-state index contributed by atoms with van der Waals surface area (Å²) in [4.78, 5) is 25.7. The third-order valence-corrected chi connectivity index (χ3v) is 3.75. The molecule has 0 fully saturated rings. The van der Waals surface area contributed by atoms with Crippen LogP contribution in [0.4, 0.5) is 5.69 Å². The molecular formula is C18H21NO4. The Morgan fingerprint density at radius 3 is 2.57 bits per heavy atom. The quantitative estimate of drug-likeness (QED) is 0.482. The first kappa shape index (κ1) is 16.8. The Hall–Kier alpha value is -2.56. The predicted octanol–water partition coefficient (Wildman–Crippen LogP) is 3.22. The molecule has 2 aromatic rings. The first-order valence-electron chi connectivity index (χ1n) is 7.59. The second-order valence-corrected chi connectivity index (χ2v) is 5.20. The third kappa shape index (κ3) is 3.62. The molecule has 0 aliphatic carbocycles. The topological polar surface area (TPSA) is 59.8 Å². The lowest BCUT2D eigenvalue weighted by atomic mass is 10.1. The number of fused-ring (bicyclic) bond motifs is 1. The maximum atomic E-state index is 12.1. The predicted molar refractivity (Wildman–Crippen MR) is 91.7 cm³/mol. The number of methoxy groups -OCH3 is 1. The molecular weight excluding hydrogens is 294 g/mol. The fourth-order valence-electron chi connectivity index (χ4n) is 2.46. The Morgan fingerprint density at radius 2 is 1.96 bits per heavy atom. The zero-order valence-electron chi connectivity index (χ0n) is 13.9. The van der Waals surface area contributed by atoms with E-state index in [2.05, 4.69) is 23.5 Å². The van der Waals surface area contributed by atoms with Crippen LogP contribution in [0.3, 0.4) is 0 Å². The molecule has 0 aliphatic rings. The summed E-state index contributed by atoms with van der Waals surface area (Å²) in [6.45, 7) is 7.51. The van der Waals surface area contributed by atoms with Crippen molar-refractivity contribution in [2.45, 2.75) is 20.8 Å². The fourth-order valence-corrected chi connectivity index (χ4v) is 2.46. The van der Waals surface area contributed by atoms with Crippen molar-refractivity contribution in [1.29, 1.82) is 0 Å². The molecule has 23 heavy (non-hydrogen) atoms. The van der Waals surface area contributed by atoms with E-state index in [1.807, 2.05) is 18.2 Å². The van der Waals surface area contributed by atoms with Gasteiger partial charge in [0.1, 0.15) is 5.58 Å². The first-order valence-corrected chi connectivity index (χ1v) is 7.59. The number of carbonyl (C=O) groups is 1. The van der Waals surface area contributed by atoms with Crippen LogP contribution < -0.4 is 10.5 Å². The molecule has 5 heteroatoms. The number of nitrogens with zero attached hydrogens (tertiary/aromatic N) is 1. The van der Waals surface area contributed by atoms with Gasteiger partial charge in [-0.3, -0.25) is 0 Å². The molecule has 0 aliphatic heterocycles. The minimum Gasteiger partial charge on any atom is -0.466 e. The smallest absolute Gasteiger partial charge is 0.343 e. The Kier molecular flexibility index (Phi) is 5.21. The van der Waals surface area contributed by atoms with Gasteiger partial charge < -0.3 is 14.1 Å². The summed E-state index contributed by atoms with van der Waals surface area (Å²) >= 11 is 0. The van der Waals surface area contributed by atoms with Gasteiger partial charge in [0.2, 0.25) is 0 Å². The SMILES string of the molecule is CCN(CC)c1ccc2cc(C=C(C)C(=O)OC)c(=O)oc2c1. The Bertz CT molecular complexity index is 800. The van der Waals surface area contributed by atoms with Crippen molar-refractivity contribution in [3.05, 3.63) is 45.8 Å². The second-order valence-electron chi connectivity index (χ2n) is 5.20. The van der Waals surface area contributed by atoms with Gasteiger partial charge in [0, 0.05) is 35.8 Å². The monoisotopic (exact) mass is 315 g/mol. The van der Waals surface area contributed by atoms with E-state index < -0.39 is 11.6 Å². The van der Waals surface area contributed by atoms with Crippen LogP contribution in [0.1, 0.15) is 26.3 Å². The molecule has 0 unspecified atom stereocenters. The van der Waals surface area contributed by atoms with Crippen LogP contribution in [-0.2, 0) is 9.53 Å². The highest BCUT2D eigenvalue weighted by Crippen LogP contribution is 2.22. The van der Waals surface area contributed by atoms with Crippen LogP contribution in [0.15, 0.2) is 39.1 Å². The van der Waals surface area contributed by atoms with Gasteiger partial charge in [-0.15, -0.1) is 0 Å². The second kappa shape index (κ2) is 7.13. The van der Waals surface area contributed by atoms with Gasteiger partial charge in [-0.1, -0.05) is 0 Å². The largest absolute Gasteiger partial charge is 0.466 e. The maximum Gasteiger partial charge on any atom is 0.343 e. The van der Waals surface area contributed by atoms with Crippen molar-refractivity contribution in [1.82, 2.24) is 0 Å². The Balaban J connectivity index is 2.49. The number of hydrogen-bond donors (Lipinski definition) is 0. The van der Waals surface area contributed by atoms with Crippen LogP contribution in [0, 0.1) is 0 Å². The van der Waals surface area contributed by atoms with Crippen molar-refractivity contribution in [2.75, 3.05) is 25.1 Å². The molecule has 2 rings (SSSR count). The Morgan fingerprint density at radius 1 is 1.26 bits per heavy atom. The molecule has 0 N–H and O–H groups in total. The van der Waals surface area contributed by atoms with Gasteiger partial charge in [0.15, 0.2) is 0 Å². The van der Waals surface area contributed by atoms with Crippen LogP contribution in [0.5, 0.6) is 0 Å². The molecule has 1 heterocycles. The van der Waals surface area contributed by atoms with Gasteiger partial charge in [-0.05, 0) is 45.0 Å². The van der Waals surface area contributed by atoms with E-state index in [1.165, 1.54) is 13.2 Å². The average molecular weight is 315 g/mol. The molecule has 1 aromatic heterocycles. The van der Waals surface area contributed by atoms with Gasteiger partial charge in [-0.25, -0.2) is 9.59 Å². The number of ether oxygens (including phenoxy) is 1. The van der Waals surface area contributed by atoms with Gasteiger partial charge in [-0.2, -0.15) is 0 Å². The van der Waals surface area contributed by atoms with Crippen LogP contribution in [0.25, 0.3) is 17.0 Å². The first-order chi connectivity index (χ1) is 11.0. The lowest BCUT2D eigenvalue weighted by molar-refractivity contribution is -0.135. The highest BCUT2D eigenvalue weighted by Gasteiger charge is 2.09. The minimum absolute atomic E-state index is 0.330. The van der Waals surface area contributed by atoms with Crippen LogP contribution in [-0.4, -0.2) is 26.2 Å². The molecule has 0 saturated heterocycles. The minimum atomic E-state index is -0.475. The zero-order chi connectivity index (χ0) is 17.0. The molecule has 5 nitrogen and oxygen atoms in total. The molecule has 0 atom stereocenters. The van der Waals surface area contributed by atoms with Gasteiger partial charge >= 0.3 is 11.6 Å². The highest BCUT2D eigenvalue weighted by atomic mass is 16.5. The van der Waals surface area contributed by atoms with E-state index in [4.69, 9.17) is 4.42 Å². The van der Waals surface area contributed by atoms with Crippen LogP contribution >= 0.6 is 0 Å². The van der Waals surface area contributed by atoms with E-state index in [9.17, 15) is 9.59 Å². The summed E-state index contributed by atoms with van der Waals surface area (Å²) in [5, 5.41) is 0.810. The number of esters is 1. The molecule has 0 amide bonds. The lowest BCUT2D eigenvalue weighted by Crippen LogP contribution is -2.21. The fraction of sp³-hybridized carbons (Fsp3) is 0.333.